The van der Waals surface area contributed by atoms with Gasteiger partial charge in [0.2, 0.25) is 0 Å². The van der Waals surface area contributed by atoms with Crippen LogP contribution in [-0.4, -0.2) is 11.7 Å². The van der Waals surface area contributed by atoms with E-state index in [1.807, 2.05) is 56.3 Å². The molecule has 0 radical (unpaired) electrons. The van der Waals surface area contributed by atoms with Crippen LogP contribution in [0.3, 0.4) is 0 Å². The molecule has 2 rings (SSSR count). The van der Waals surface area contributed by atoms with Gasteiger partial charge in [0.15, 0.2) is 0 Å². The number of aliphatic hydroxyl groups is 1. The highest BCUT2D eigenvalue weighted by molar-refractivity contribution is 5.36. The van der Waals surface area contributed by atoms with Gasteiger partial charge in [0.1, 0.15) is 18.0 Å². The Hall–Kier alpha value is -1.80. The average Bonchev–Trinajstić information content (AvgIpc) is 2.41. The fourth-order valence-electron chi connectivity index (χ4n) is 1.96. The molecule has 1 N–H and O–H groups in total. The SMILES string of the molecule is Cc1ccc(C)c(OCC(C)(O)c2ccccc2)c1. The summed E-state index contributed by atoms with van der Waals surface area (Å²) in [5.41, 5.74) is 2.10. The van der Waals surface area contributed by atoms with E-state index in [4.69, 9.17) is 4.74 Å². The highest BCUT2D eigenvalue weighted by atomic mass is 16.5. The van der Waals surface area contributed by atoms with Crippen LogP contribution in [0.4, 0.5) is 0 Å². The Morgan fingerprint density at radius 3 is 2.42 bits per heavy atom. The summed E-state index contributed by atoms with van der Waals surface area (Å²) < 4.78 is 5.79. The zero-order valence-electron chi connectivity index (χ0n) is 11.7. The van der Waals surface area contributed by atoms with Gasteiger partial charge in [-0.05, 0) is 43.5 Å². The molecule has 0 aromatic heterocycles. The highest BCUT2D eigenvalue weighted by Gasteiger charge is 2.24. The van der Waals surface area contributed by atoms with Crippen molar-refractivity contribution >= 4 is 0 Å². The second-order valence-corrected chi connectivity index (χ2v) is 5.20. The van der Waals surface area contributed by atoms with Gasteiger partial charge in [0.05, 0.1) is 0 Å². The second-order valence-electron chi connectivity index (χ2n) is 5.20. The minimum Gasteiger partial charge on any atom is -0.490 e. The maximum absolute atomic E-state index is 10.5. The molecular formula is C17H20O2. The third-order valence-corrected chi connectivity index (χ3v) is 3.25. The molecule has 2 aromatic carbocycles. The molecule has 1 unspecified atom stereocenters. The van der Waals surface area contributed by atoms with Crippen LogP contribution in [0.1, 0.15) is 23.6 Å². The van der Waals surface area contributed by atoms with Gasteiger partial charge in [-0.2, -0.15) is 0 Å². The molecule has 0 aliphatic rings. The molecular weight excluding hydrogens is 236 g/mol. The summed E-state index contributed by atoms with van der Waals surface area (Å²) in [4.78, 5) is 0. The molecule has 100 valence electrons. The molecule has 0 amide bonds. The molecule has 19 heavy (non-hydrogen) atoms. The van der Waals surface area contributed by atoms with E-state index in [9.17, 15) is 5.11 Å². The van der Waals surface area contributed by atoms with Crippen molar-refractivity contribution in [3.8, 4) is 5.75 Å². The summed E-state index contributed by atoms with van der Waals surface area (Å²) in [6, 6.07) is 15.7. The molecule has 2 aromatic rings. The number of benzene rings is 2. The second kappa shape index (κ2) is 5.45. The van der Waals surface area contributed by atoms with Gasteiger partial charge in [-0.25, -0.2) is 0 Å². The number of ether oxygens (including phenoxy) is 1. The first-order valence-corrected chi connectivity index (χ1v) is 6.47. The first-order valence-electron chi connectivity index (χ1n) is 6.47. The lowest BCUT2D eigenvalue weighted by Gasteiger charge is -2.24. The predicted molar refractivity (Wildman–Crippen MR) is 77.4 cm³/mol. The lowest BCUT2D eigenvalue weighted by molar-refractivity contribution is 0.00738. The molecule has 0 heterocycles. The fraction of sp³-hybridized carbons (Fsp3) is 0.294. The van der Waals surface area contributed by atoms with Crippen LogP contribution in [0.15, 0.2) is 48.5 Å². The van der Waals surface area contributed by atoms with Crippen LogP contribution < -0.4 is 4.74 Å². The minimum absolute atomic E-state index is 0.237. The first kappa shape index (κ1) is 13.6. The van der Waals surface area contributed by atoms with E-state index in [0.29, 0.717) is 0 Å². The van der Waals surface area contributed by atoms with E-state index in [0.717, 1.165) is 22.4 Å². The normalized spacial score (nSPS) is 13.9. The third-order valence-electron chi connectivity index (χ3n) is 3.25. The zero-order chi connectivity index (χ0) is 13.9. The van der Waals surface area contributed by atoms with E-state index in [2.05, 4.69) is 6.07 Å². The van der Waals surface area contributed by atoms with Crippen molar-refractivity contribution in [2.24, 2.45) is 0 Å². The lowest BCUT2D eigenvalue weighted by Crippen LogP contribution is -2.29. The van der Waals surface area contributed by atoms with Crippen molar-refractivity contribution in [3.05, 3.63) is 65.2 Å². The number of hydrogen-bond acceptors (Lipinski definition) is 2. The van der Waals surface area contributed by atoms with Crippen LogP contribution in [0.5, 0.6) is 5.75 Å². The first-order chi connectivity index (χ1) is 8.99. The van der Waals surface area contributed by atoms with E-state index in [1.54, 1.807) is 6.92 Å². The molecule has 0 spiro atoms. The maximum Gasteiger partial charge on any atom is 0.122 e. The monoisotopic (exact) mass is 256 g/mol. The highest BCUT2D eigenvalue weighted by Crippen LogP contribution is 2.24. The molecule has 2 nitrogen and oxygen atoms in total. The van der Waals surface area contributed by atoms with Gasteiger partial charge < -0.3 is 9.84 Å². The summed E-state index contributed by atoms with van der Waals surface area (Å²) in [6.07, 6.45) is 0. The van der Waals surface area contributed by atoms with Gasteiger partial charge >= 0.3 is 0 Å². The van der Waals surface area contributed by atoms with Crippen LogP contribution >= 0.6 is 0 Å². The Bertz CT molecular complexity index is 544. The van der Waals surface area contributed by atoms with Crippen LogP contribution in [0.2, 0.25) is 0 Å². The number of aryl methyl sites for hydroxylation is 2. The molecule has 0 aliphatic carbocycles. The van der Waals surface area contributed by atoms with Gasteiger partial charge in [-0.15, -0.1) is 0 Å². The predicted octanol–water partition coefficient (Wildman–Crippen LogP) is 3.59. The summed E-state index contributed by atoms with van der Waals surface area (Å²) >= 11 is 0. The molecule has 2 heteroatoms. The molecule has 1 atom stereocenters. The largest absolute Gasteiger partial charge is 0.490 e. The van der Waals surface area contributed by atoms with Crippen molar-refractivity contribution in [2.75, 3.05) is 6.61 Å². The summed E-state index contributed by atoms with van der Waals surface area (Å²) in [5.74, 6) is 0.830. The molecule has 0 saturated heterocycles. The smallest absolute Gasteiger partial charge is 0.122 e. The quantitative estimate of drug-likeness (QED) is 0.905. The minimum atomic E-state index is -0.989. The fourth-order valence-corrected chi connectivity index (χ4v) is 1.96. The Labute approximate surface area is 114 Å². The van der Waals surface area contributed by atoms with Crippen molar-refractivity contribution in [1.29, 1.82) is 0 Å². The topological polar surface area (TPSA) is 29.5 Å². The Kier molecular flexibility index (Phi) is 3.91. The maximum atomic E-state index is 10.5. The van der Waals surface area contributed by atoms with Crippen LogP contribution in [-0.2, 0) is 5.60 Å². The molecule has 0 bridgehead atoms. The van der Waals surface area contributed by atoms with E-state index >= 15 is 0 Å². The summed E-state index contributed by atoms with van der Waals surface area (Å²) in [7, 11) is 0. The molecule has 0 fully saturated rings. The molecule has 0 aliphatic heterocycles. The average molecular weight is 256 g/mol. The van der Waals surface area contributed by atoms with Gasteiger partial charge in [0, 0.05) is 0 Å². The van der Waals surface area contributed by atoms with Gasteiger partial charge in [0.25, 0.3) is 0 Å². The van der Waals surface area contributed by atoms with Crippen LogP contribution in [0, 0.1) is 13.8 Å². The summed E-state index contributed by atoms with van der Waals surface area (Å²) in [5, 5.41) is 10.5. The van der Waals surface area contributed by atoms with E-state index in [-0.39, 0.29) is 6.61 Å². The lowest BCUT2D eigenvalue weighted by atomic mass is 9.97. The van der Waals surface area contributed by atoms with Crippen LogP contribution in [0.25, 0.3) is 0 Å². The Morgan fingerprint density at radius 1 is 1.05 bits per heavy atom. The van der Waals surface area contributed by atoms with E-state index in [1.165, 1.54) is 0 Å². The Balaban J connectivity index is 2.12. The van der Waals surface area contributed by atoms with Crippen molar-refractivity contribution in [2.45, 2.75) is 26.4 Å². The standard InChI is InChI=1S/C17H20O2/c1-13-9-10-14(2)16(11-13)19-12-17(3,18)15-7-5-4-6-8-15/h4-11,18H,12H2,1-3H3. The zero-order valence-corrected chi connectivity index (χ0v) is 11.7. The molecule has 0 saturated carbocycles. The summed E-state index contributed by atoms with van der Waals surface area (Å²) in [6.45, 7) is 6.04. The third kappa shape index (κ3) is 3.36. The van der Waals surface area contributed by atoms with E-state index < -0.39 is 5.60 Å². The van der Waals surface area contributed by atoms with Crippen molar-refractivity contribution in [1.82, 2.24) is 0 Å². The van der Waals surface area contributed by atoms with Gasteiger partial charge in [-0.3, -0.25) is 0 Å². The number of rotatable bonds is 4. The Morgan fingerprint density at radius 2 is 1.74 bits per heavy atom. The van der Waals surface area contributed by atoms with Crippen molar-refractivity contribution < 1.29 is 9.84 Å². The van der Waals surface area contributed by atoms with Crippen molar-refractivity contribution in [3.63, 3.8) is 0 Å². The van der Waals surface area contributed by atoms with Gasteiger partial charge in [-0.1, -0.05) is 42.5 Å². The number of hydrogen-bond donors (Lipinski definition) is 1.